The molecule has 4 heteroatoms. The number of benzene rings is 1. The molecule has 1 aromatic carbocycles. The predicted octanol–water partition coefficient (Wildman–Crippen LogP) is 2.33. The molecule has 0 heterocycles. The largest absolute Gasteiger partial charge is 0.399 e. The minimum Gasteiger partial charge on any atom is -0.399 e. The Bertz CT molecular complexity index is 391. The summed E-state index contributed by atoms with van der Waals surface area (Å²) < 4.78 is 5.09. The second kappa shape index (κ2) is 6.25. The van der Waals surface area contributed by atoms with Crippen LogP contribution in [0.3, 0.4) is 0 Å². The van der Waals surface area contributed by atoms with E-state index in [1.54, 1.807) is 19.2 Å². The Balaban J connectivity index is 2.48. The SMILES string of the molecule is COC(C)CCC(=O)Nc1ccc(N)c(C)c1. The maximum atomic E-state index is 11.6. The molecule has 1 atom stereocenters. The highest BCUT2D eigenvalue weighted by Gasteiger charge is 2.06. The maximum absolute atomic E-state index is 11.6. The van der Waals surface area contributed by atoms with Gasteiger partial charge in [-0.05, 0) is 44.0 Å². The molecule has 1 unspecified atom stereocenters. The number of amides is 1. The summed E-state index contributed by atoms with van der Waals surface area (Å²) in [4.78, 5) is 11.6. The Kier molecular flexibility index (Phi) is 4.97. The van der Waals surface area contributed by atoms with Gasteiger partial charge in [0.15, 0.2) is 0 Å². The molecule has 0 aliphatic carbocycles. The Labute approximate surface area is 102 Å². The van der Waals surface area contributed by atoms with Crippen LogP contribution in [-0.2, 0) is 9.53 Å². The van der Waals surface area contributed by atoms with Gasteiger partial charge in [0.05, 0.1) is 6.10 Å². The number of rotatable bonds is 5. The van der Waals surface area contributed by atoms with Crippen LogP contribution in [0.1, 0.15) is 25.3 Å². The summed E-state index contributed by atoms with van der Waals surface area (Å²) >= 11 is 0. The first-order valence-corrected chi connectivity index (χ1v) is 5.71. The van der Waals surface area contributed by atoms with Crippen molar-refractivity contribution < 1.29 is 9.53 Å². The molecule has 0 spiro atoms. The molecule has 0 radical (unpaired) electrons. The lowest BCUT2D eigenvalue weighted by molar-refractivity contribution is -0.116. The van der Waals surface area contributed by atoms with Gasteiger partial charge in [-0.25, -0.2) is 0 Å². The minimum absolute atomic E-state index is 0.00179. The Morgan fingerprint density at radius 1 is 1.53 bits per heavy atom. The molecule has 17 heavy (non-hydrogen) atoms. The third-order valence-electron chi connectivity index (χ3n) is 2.73. The van der Waals surface area contributed by atoms with Gasteiger partial charge in [0.25, 0.3) is 0 Å². The van der Waals surface area contributed by atoms with Crippen molar-refractivity contribution in [3.05, 3.63) is 23.8 Å². The second-order valence-corrected chi connectivity index (χ2v) is 4.20. The van der Waals surface area contributed by atoms with E-state index < -0.39 is 0 Å². The fourth-order valence-corrected chi connectivity index (χ4v) is 1.43. The van der Waals surface area contributed by atoms with Gasteiger partial charge in [-0.3, -0.25) is 4.79 Å². The van der Waals surface area contributed by atoms with Gasteiger partial charge < -0.3 is 15.8 Å². The van der Waals surface area contributed by atoms with Gasteiger partial charge in [-0.2, -0.15) is 0 Å². The molecule has 0 aromatic heterocycles. The fraction of sp³-hybridized carbons (Fsp3) is 0.462. The van der Waals surface area contributed by atoms with E-state index in [2.05, 4.69) is 5.32 Å². The molecule has 0 aliphatic rings. The molecule has 1 aromatic rings. The molecule has 1 amide bonds. The van der Waals surface area contributed by atoms with Crippen molar-refractivity contribution in [3.8, 4) is 0 Å². The summed E-state index contributed by atoms with van der Waals surface area (Å²) in [6, 6.07) is 5.47. The number of anilines is 2. The zero-order valence-electron chi connectivity index (χ0n) is 10.6. The number of aryl methyl sites for hydroxylation is 1. The van der Waals surface area contributed by atoms with Gasteiger partial charge in [0.1, 0.15) is 0 Å². The number of carbonyl (C=O) groups excluding carboxylic acids is 1. The number of nitrogens with two attached hydrogens (primary N) is 1. The quantitative estimate of drug-likeness (QED) is 0.771. The van der Waals surface area contributed by atoms with Crippen molar-refractivity contribution in [2.24, 2.45) is 0 Å². The van der Waals surface area contributed by atoms with Crippen LogP contribution in [0.25, 0.3) is 0 Å². The summed E-state index contributed by atoms with van der Waals surface area (Å²) in [5.41, 5.74) is 8.19. The highest BCUT2D eigenvalue weighted by Crippen LogP contribution is 2.16. The number of nitrogens with one attached hydrogen (secondary N) is 1. The molecule has 0 saturated heterocycles. The van der Waals surface area contributed by atoms with Crippen LogP contribution in [0, 0.1) is 6.92 Å². The van der Waals surface area contributed by atoms with Crippen LogP contribution < -0.4 is 11.1 Å². The molecule has 4 nitrogen and oxygen atoms in total. The topological polar surface area (TPSA) is 64.3 Å². The van der Waals surface area contributed by atoms with Crippen LogP contribution in [0.15, 0.2) is 18.2 Å². The van der Waals surface area contributed by atoms with Gasteiger partial charge in [-0.1, -0.05) is 0 Å². The molecule has 94 valence electrons. The highest BCUT2D eigenvalue weighted by molar-refractivity contribution is 5.91. The molecule has 0 fully saturated rings. The van der Waals surface area contributed by atoms with Crippen molar-refractivity contribution >= 4 is 17.3 Å². The van der Waals surface area contributed by atoms with Gasteiger partial charge in [0.2, 0.25) is 5.91 Å². The first kappa shape index (κ1) is 13.5. The fourth-order valence-electron chi connectivity index (χ4n) is 1.43. The lowest BCUT2D eigenvalue weighted by Gasteiger charge is -2.10. The Hall–Kier alpha value is -1.55. The molecule has 0 bridgehead atoms. The highest BCUT2D eigenvalue weighted by atomic mass is 16.5. The van der Waals surface area contributed by atoms with E-state index in [4.69, 9.17) is 10.5 Å². The van der Waals surface area contributed by atoms with E-state index >= 15 is 0 Å². The van der Waals surface area contributed by atoms with E-state index in [0.29, 0.717) is 6.42 Å². The van der Waals surface area contributed by atoms with Crippen LogP contribution in [-0.4, -0.2) is 19.1 Å². The summed E-state index contributed by atoms with van der Waals surface area (Å²) in [6.45, 7) is 3.86. The van der Waals surface area contributed by atoms with Crippen LogP contribution in [0.4, 0.5) is 11.4 Å². The van der Waals surface area contributed by atoms with E-state index in [9.17, 15) is 4.79 Å². The lowest BCUT2D eigenvalue weighted by atomic mass is 10.1. The van der Waals surface area contributed by atoms with Crippen molar-refractivity contribution in [2.75, 3.05) is 18.2 Å². The summed E-state index contributed by atoms with van der Waals surface area (Å²) in [7, 11) is 1.64. The van der Waals surface area contributed by atoms with Crippen LogP contribution >= 0.6 is 0 Å². The summed E-state index contributed by atoms with van der Waals surface area (Å²) in [5.74, 6) is -0.00179. The second-order valence-electron chi connectivity index (χ2n) is 4.20. The lowest BCUT2D eigenvalue weighted by Crippen LogP contribution is -2.15. The molecule has 0 saturated carbocycles. The van der Waals surface area contributed by atoms with Gasteiger partial charge >= 0.3 is 0 Å². The van der Waals surface area contributed by atoms with E-state index in [1.807, 2.05) is 19.9 Å². The zero-order chi connectivity index (χ0) is 12.8. The third kappa shape index (κ3) is 4.44. The first-order chi connectivity index (χ1) is 8.02. The number of methoxy groups -OCH3 is 1. The number of hydrogen-bond donors (Lipinski definition) is 2. The van der Waals surface area contributed by atoms with Crippen molar-refractivity contribution in [3.63, 3.8) is 0 Å². The molecular formula is C13H20N2O2. The zero-order valence-corrected chi connectivity index (χ0v) is 10.6. The van der Waals surface area contributed by atoms with Crippen molar-refractivity contribution in [1.29, 1.82) is 0 Å². The van der Waals surface area contributed by atoms with Crippen molar-refractivity contribution in [2.45, 2.75) is 32.8 Å². The number of ether oxygens (including phenoxy) is 1. The molecule has 0 aliphatic heterocycles. The summed E-state index contributed by atoms with van der Waals surface area (Å²) in [6.07, 6.45) is 1.28. The van der Waals surface area contributed by atoms with Crippen molar-refractivity contribution in [1.82, 2.24) is 0 Å². The van der Waals surface area contributed by atoms with Crippen LogP contribution in [0.5, 0.6) is 0 Å². The number of hydrogen-bond acceptors (Lipinski definition) is 3. The van der Waals surface area contributed by atoms with Crippen LogP contribution in [0.2, 0.25) is 0 Å². The molecular weight excluding hydrogens is 216 g/mol. The monoisotopic (exact) mass is 236 g/mol. The van der Waals surface area contributed by atoms with E-state index in [0.717, 1.165) is 23.4 Å². The molecule has 3 N–H and O–H groups in total. The minimum atomic E-state index is -0.00179. The summed E-state index contributed by atoms with van der Waals surface area (Å²) in [5, 5.41) is 2.84. The molecule has 1 rings (SSSR count). The van der Waals surface area contributed by atoms with Gasteiger partial charge in [0, 0.05) is 24.9 Å². The van der Waals surface area contributed by atoms with Gasteiger partial charge in [-0.15, -0.1) is 0 Å². The average molecular weight is 236 g/mol. The average Bonchev–Trinajstić information content (AvgIpc) is 2.31. The number of nitrogen functional groups attached to an aromatic ring is 1. The Morgan fingerprint density at radius 3 is 2.82 bits per heavy atom. The maximum Gasteiger partial charge on any atom is 0.224 e. The Morgan fingerprint density at radius 2 is 2.24 bits per heavy atom. The van der Waals surface area contributed by atoms with E-state index in [-0.39, 0.29) is 12.0 Å². The third-order valence-corrected chi connectivity index (χ3v) is 2.73. The number of carbonyl (C=O) groups is 1. The van der Waals surface area contributed by atoms with E-state index in [1.165, 1.54) is 0 Å². The normalized spacial score (nSPS) is 12.2. The standard InChI is InChI=1S/C13H20N2O2/c1-9-8-11(5-6-12(9)14)15-13(16)7-4-10(2)17-3/h5-6,8,10H,4,7,14H2,1-3H3,(H,15,16). The smallest absolute Gasteiger partial charge is 0.224 e. The predicted molar refractivity (Wildman–Crippen MR) is 69.9 cm³/mol. The first-order valence-electron chi connectivity index (χ1n) is 5.71.